The fourth-order valence-electron chi connectivity index (χ4n) is 3.51. The van der Waals surface area contributed by atoms with Gasteiger partial charge in [-0.3, -0.25) is 0 Å². The van der Waals surface area contributed by atoms with Crippen molar-refractivity contribution in [2.45, 2.75) is 65.2 Å². The van der Waals surface area contributed by atoms with Crippen LogP contribution in [0.4, 0.5) is 0 Å². The predicted molar refractivity (Wildman–Crippen MR) is 76.4 cm³/mol. The molecule has 0 nitrogen and oxygen atoms in total. The largest absolute Gasteiger partial charge is 0.124 e. The Bertz CT molecular complexity index is 176. The molecule has 0 amide bonds. The average Bonchev–Trinajstić information content (AvgIpc) is 2.34. The monoisotopic (exact) mass is 224 g/mol. The Morgan fingerprint density at radius 3 is 1.12 bits per heavy atom. The first-order chi connectivity index (χ1) is 7.75. The second kappa shape index (κ2) is 7.00. The molecular formula is C16H32. The van der Waals surface area contributed by atoms with Crippen LogP contribution in [0.2, 0.25) is 0 Å². The number of hydrogen-bond donors (Lipinski definition) is 0. The van der Waals surface area contributed by atoms with Gasteiger partial charge in [0.05, 0.1) is 0 Å². The van der Waals surface area contributed by atoms with Gasteiger partial charge in [-0.25, -0.2) is 0 Å². The van der Waals surface area contributed by atoms with Gasteiger partial charge >= 0.3 is 0 Å². The molecule has 0 aromatic carbocycles. The highest BCUT2D eigenvalue weighted by Gasteiger charge is 2.28. The van der Waals surface area contributed by atoms with E-state index < -0.39 is 0 Å². The zero-order valence-electron chi connectivity index (χ0n) is 11.1. The zero-order chi connectivity index (χ0) is 12.0. The van der Waals surface area contributed by atoms with Crippen molar-refractivity contribution >= 4 is 0 Å². The van der Waals surface area contributed by atoms with Crippen LogP contribution in [0, 0.1) is 36.5 Å². The Labute approximate surface area is 105 Å². The molecule has 0 heterocycles. The van der Waals surface area contributed by atoms with E-state index in [1.165, 1.54) is 25.7 Å². The molecule has 2 aliphatic rings. The van der Waals surface area contributed by atoms with Crippen LogP contribution in [0.15, 0.2) is 0 Å². The molecule has 16 heavy (non-hydrogen) atoms. The van der Waals surface area contributed by atoms with Gasteiger partial charge in [0, 0.05) is 2.85 Å². The smallest absolute Gasteiger partial charge is 0 e. The summed E-state index contributed by atoms with van der Waals surface area (Å²) >= 11 is 0. The van der Waals surface area contributed by atoms with E-state index in [-0.39, 0.29) is 2.85 Å². The molecule has 0 heteroatoms. The molecule has 0 bridgehead atoms. The lowest BCUT2D eigenvalue weighted by Gasteiger charge is -2.36. The summed E-state index contributed by atoms with van der Waals surface area (Å²) in [6, 6.07) is 0. The Hall–Kier alpha value is -0.440. The Balaban J connectivity index is 0. The van der Waals surface area contributed by atoms with Crippen LogP contribution in [-0.2, 0) is 0 Å². The SMILES string of the molecule is C#C.CC1CCC(C2CCC(C)CC2)CC1.[HH].[HH]. The maximum atomic E-state index is 4.00. The first kappa shape index (κ1) is 13.6. The Morgan fingerprint density at radius 2 is 0.875 bits per heavy atom. The van der Waals surface area contributed by atoms with Crippen molar-refractivity contribution in [3.8, 4) is 12.8 Å². The van der Waals surface area contributed by atoms with Crippen molar-refractivity contribution < 1.29 is 2.85 Å². The molecule has 2 saturated carbocycles. The van der Waals surface area contributed by atoms with Crippen LogP contribution < -0.4 is 0 Å². The van der Waals surface area contributed by atoms with Crippen molar-refractivity contribution in [2.75, 3.05) is 0 Å². The highest BCUT2D eigenvalue weighted by atomic mass is 14.3. The zero-order valence-corrected chi connectivity index (χ0v) is 11.1. The van der Waals surface area contributed by atoms with Gasteiger partial charge in [-0.15, -0.1) is 12.8 Å². The molecule has 0 saturated heterocycles. The van der Waals surface area contributed by atoms with Crippen molar-refractivity contribution in [1.29, 1.82) is 0 Å². The normalized spacial score (nSPS) is 39.5. The minimum absolute atomic E-state index is 0. The second-order valence-electron chi connectivity index (χ2n) is 6.04. The van der Waals surface area contributed by atoms with Crippen LogP contribution in [0.3, 0.4) is 0 Å². The van der Waals surface area contributed by atoms with Crippen LogP contribution in [0.25, 0.3) is 0 Å². The van der Waals surface area contributed by atoms with E-state index in [1.54, 1.807) is 25.7 Å². The average molecular weight is 224 g/mol. The fraction of sp³-hybridized carbons (Fsp3) is 0.875. The lowest BCUT2D eigenvalue weighted by molar-refractivity contribution is 0.155. The summed E-state index contributed by atoms with van der Waals surface area (Å²) in [5.41, 5.74) is 0. The maximum absolute atomic E-state index is 4.00. The van der Waals surface area contributed by atoms with Crippen LogP contribution >= 0.6 is 0 Å². The summed E-state index contributed by atoms with van der Waals surface area (Å²) in [6.07, 6.45) is 20.2. The summed E-state index contributed by atoms with van der Waals surface area (Å²) in [5, 5.41) is 0. The molecule has 0 radical (unpaired) electrons. The molecule has 0 N–H and O–H groups in total. The fourth-order valence-corrected chi connectivity index (χ4v) is 3.51. The van der Waals surface area contributed by atoms with Gasteiger partial charge in [-0.1, -0.05) is 39.5 Å². The molecule has 96 valence electrons. The first-order valence-corrected chi connectivity index (χ1v) is 7.09. The van der Waals surface area contributed by atoms with Gasteiger partial charge in [0.2, 0.25) is 0 Å². The van der Waals surface area contributed by atoms with Crippen molar-refractivity contribution in [3.63, 3.8) is 0 Å². The topological polar surface area (TPSA) is 0 Å². The maximum Gasteiger partial charge on any atom is 0 e. The summed E-state index contributed by atoms with van der Waals surface area (Å²) in [6.45, 7) is 4.86. The van der Waals surface area contributed by atoms with Gasteiger partial charge in [-0.05, 0) is 49.4 Å². The summed E-state index contributed by atoms with van der Waals surface area (Å²) in [4.78, 5) is 0. The van der Waals surface area contributed by atoms with E-state index in [2.05, 4.69) is 26.7 Å². The number of terminal acetylenes is 1. The van der Waals surface area contributed by atoms with Crippen molar-refractivity contribution in [3.05, 3.63) is 0 Å². The van der Waals surface area contributed by atoms with E-state index in [1.807, 2.05) is 0 Å². The van der Waals surface area contributed by atoms with Gasteiger partial charge in [0.25, 0.3) is 0 Å². The first-order valence-electron chi connectivity index (χ1n) is 7.09. The third-order valence-corrected chi connectivity index (χ3v) is 4.79. The van der Waals surface area contributed by atoms with Gasteiger partial charge in [0.1, 0.15) is 0 Å². The Morgan fingerprint density at radius 1 is 0.625 bits per heavy atom. The molecule has 0 spiro atoms. The molecule has 2 aliphatic carbocycles. The highest BCUT2D eigenvalue weighted by molar-refractivity contribution is 4.80. The summed E-state index contributed by atoms with van der Waals surface area (Å²) in [7, 11) is 0. The number of rotatable bonds is 1. The third kappa shape index (κ3) is 3.85. The van der Waals surface area contributed by atoms with E-state index in [0.29, 0.717) is 0 Å². The van der Waals surface area contributed by atoms with Crippen LogP contribution in [0.1, 0.15) is 68.1 Å². The van der Waals surface area contributed by atoms with E-state index >= 15 is 0 Å². The van der Waals surface area contributed by atoms with Crippen LogP contribution in [-0.4, -0.2) is 0 Å². The molecule has 0 aliphatic heterocycles. The lowest BCUT2D eigenvalue weighted by atomic mass is 9.70. The molecule has 0 aromatic rings. The summed E-state index contributed by atoms with van der Waals surface area (Å²) in [5.74, 6) is 4.26. The molecule has 0 aromatic heterocycles. The molecular weight excluding hydrogens is 192 g/mol. The molecule has 0 atom stereocenters. The van der Waals surface area contributed by atoms with E-state index in [9.17, 15) is 0 Å². The predicted octanol–water partition coefficient (Wildman–Crippen LogP) is 5.38. The molecule has 0 unspecified atom stereocenters. The van der Waals surface area contributed by atoms with Crippen molar-refractivity contribution in [1.82, 2.24) is 0 Å². The highest BCUT2D eigenvalue weighted by Crippen LogP contribution is 2.40. The second-order valence-corrected chi connectivity index (χ2v) is 6.04. The summed E-state index contributed by atoms with van der Waals surface area (Å²) < 4.78 is 0. The molecule has 2 fully saturated rings. The minimum Gasteiger partial charge on any atom is -0.124 e. The third-order valence-electron chi connectivity index (χ3n) is 4.79. The lowest BCUT2D eigenvalue weighted by Crippen LogP contribution is -2.24. The quantitative estimate of drug-likeness (QED) is 0.525. The van der Waals surface area contributed by atoms with Gasteiger partial charge in [0.15, 0.2) is 0 Å². The van der Waals surface area contributed by atoms with E-state index in [0.717, 1.165) is 23.7 Å². The van der Waals surface area contributed by atoms with Crippen LogP contribution in [0.5, 0.6) is 0 Å². The minimum atomic E-state index is 0. The molecule has 2 rings (SSSR count). The van der Waals surface area contributed by atoms with Gasteiger partial charge < -0.3 is 0 Å². The van der Waals surface area contributed by atoms with Crippen molar-refractivity contribution in [2.24, 2.45) is 23.7 Å². The van der Waals surface area contributed by atoms with E-state index in [4.69, 9.17) is 0 Å². The Kier molecular flexibility index (Phi) is 5.96. The number of hydrogen-bond acceptors (Lipinski definition) is 0. The van der Waals surface area contributed by atoms with Gasteiger partial charge in [-0.2, -0.15) is 0 Å². The standard InChI is InChI=1S/C14H26.C2H2.2H2/c1-11-3-7-13(8-4-11)14-9-5-12(2)6-10-14;1-2;;/h11-14H,3-10H2,1-2H3;1-2H;2*1H.